The minimum Gasteiger partial charge on any atom is -0.494 e. The molecule has 0 fully saturated rings. The van der Waals surface area contributed by atoms with E-state index in [0.717, 1.165) is 24.7 Å². The van der Waals surface area contributed by atoms with Gasteiger partial charge in [0.2, 0.25) is 0 Å². The lowest BCUT2D eigenvalue weighted by molar-refractivity contribution is 0.340. The van der Waals surface area contributed by atoms with Crippen molar-refractivity contribution in [1.29, 1.82) is 0 Å². The van der Waals surface area contributed by atoms with Crippen LogP contribution in [0.15, 0.2) is 48.5 Å². The Labute approximate surface area is 133 Å². The Balaban J connectivity index is 1.78. The molecule has 0 aromatic heterocycles. The van der Waals surface area contributed by atoms with Gasteiger partial charge in [-0.1, -0.05) is 34.6 Å². The zero-order valence-electron chi connectivity index (χ0n) is 13.0. The Morgan fingerprint density at radius 1 is 0.667 bits per heavy atom. The zero-order valence-corrected chi connectivity index (χ0v) is 17.2. The molecule has 2 rings (SSSR count). The van der Waals surface area contributed by atoms with Gasteiger partial charge in [0.15, 0.2) is 0 Å². The highest BCUT2D eigenvalue weighted by Gasteiger charge is 2.00. The Bertz CT molecular complexity index is 477. The molecule has 0 N–H and O–H groups in total. The monoisotopic (exact) mass is 332 g/mol. The van der Waals surface area contributed by atoms with Gasteiger partial charge in [-0.2, -0.15) is 0 Å². The summed E-state index contributed by atoms with van der Waals surface area (Å²) in [5, 5.41) is 3.20. The number of hydrogen-bond acceptors (Lipinski definition) is 2. The molecule has 0 saturated carbocycles. The van der Waals surface area contributed by atoms with E-state index in [1.165, 1.54) is 0 Å². The lowest BCUT2D eigenvalue weighted by Crippen LogP contribution is -2.31. The van der Waals surface area contributed by atoms with Crippen molar-refractivity contribution in [2.45, 2.75) is 13.8 Å². The van der Waals surface area contributed by atoms with Gasteiger partial charge >= 0.3 is 0 Å². The largest absolute Gasteiger partial charge is 0.494 e. The zero-order chi connectivity index (χ0) is 14.9. The van der Waals surface area contributed by atoms with E-state index in [0.29, 0.717) is 0 Å². The summed E-state index contributed by atoms with van der Waals surface area (Å²) in [6.07, 6.45) is 0. The average Bonchev–Trinajstić information content (AvgIpc) is 2.51. The average molecular weight is 333 g/mol. The van der Waals surface area contributed by atoms with Crippen LogP contribution in [0.5, 0.6) is 11.5 Å². The molecule has 0 aliphatic rings. The molecule has 2 aromatic carbocycles. The smallest absolute Gasteiger partial charge is 0.119 e. The Kier molecular flexibility index (Phi) is 6.78. The Morgan fingerprint density at radius 3 is 1.38 bits per heavy atom. The van der Waals surface area contributed by atoms with E-state index in [4.69, 9.17) is 9.47 Å². The summed E-state index contributed by atoms with van der Waals surface area (Å²) in [5.74, 6) is 2.00. The van der Waals surface area contributed by atoms with Gasteiger partial charge in [-0.15, -0.1) is 0 Å². The molecule has 0 atom stereocenters. The molecule has 5 heteroatoms. The molecule has 0 spiro atoms. The second kappa shape index (κ2) is 8.86. The fraction of sp³-hybridized carbons (Fsp3) is 0.250. The number of ether oxygens (including phenoxy) is 2. The SMILES string of the molecule is CCOc1ccc([SiH2][SiH2][SiH2]c2ccc(OCC)cc2)cc1. The molecule has 2 nitrogen and oxygen atoms in total. The molecule has 0 aliphatic heterocycles. The van der Waals surface area contributed by atoms with Crippen molar-refractivity contribution in [1.82, 2.24) is 0 Å². The molecule has 0 radical (unpaired) electrons. The van der Waals surface area contributed by atoms with Crippen molar-refractivity contribution in [2.24, 2.45) is 0 Å². The summed E-state index contributed by atoms with van der Waals surface area (Å²) in [6.45, 7) is 5.54. The Morgan fingerprint density at radius 2 is 1.05 bits per heavy atom. The summed E-state index contributed by atoms with van der Waals surface area (Å²) in [6, 6.07) is 17.6. The fourth-order valence-corrected chi connectivity index (χ4v) is 18.4. The maximum Gasteiger partial charge on any atom is 0.119 e. The predicted molar refractivity (Wildman–Crippen MR) is 100 cm³/mol. The van der Waals surface area contributed by atoms with Crippen LogP contribution in [0.3, 0.4) is 0 Å². The van der Waals surface area contributed by atoms with Crippen LogP contribution >= 0.6 is 0 Å². The van der Waals surface area contributed by atoms with Gasteiger partial charge in [0.25, 0.3) is 0 Å². The molecule has 0 unspecified atom stereocenters. The van der Waals surface area contributed by atoms with Crippen LogP contribution in [0, 0.1) is 0 Å². The summed E-state index contributed by atoms with van der Waals surface area (Å²) >= 11 is 0. The highest BCUT2D eigenvalue weighted by Crippen LogP contribution is 2.07. The summed E-state index contributed by atoms with van der Waals surface area (Å²) in [4.78, 5) is 0. The van der Waals surface area contributed by atoms with E-state index in [-0.39, 0.29) is 26.6 Å². The van der Waals surface area contributed by atoms with Crippen LogP contribution in [0.1, 0.15) is 13.8 Å². The quantitative estimate of drug-likeness (QED) is 0.622. The molecule has 0 amide bonds. The molecular weight excluding hydrogens is 308 g/mol. The van der Waals surface area contributed by atoms with Gasteiger partial charge in [0.05, 0.1) is 13.2 Å². The standard InChI is InChI=1S/C16H24O2Si3/c1-3-17-13-5-9-15(10-6-13)19-21-20-16-11-7-14(8-12-16)18-4-2/h5-12H,3-4,19-21H2,1-2H3. The number of hydrogen-bond donors (Lipinski definition) is 0. The first-order valence-corrected chi connectivity index (χ1v) is 17.2. The second-order valence-electron chi connectivity index (χ2n) is 5.01. The first-order chi connectivity index (χ1) is 10.3. The van der Waals surface area contributed by atoms with E-state index < -0.39 is 0 Å². The fourth-order valence-electron chi connectivity index (χ4n) is 2.33. The molecular formula is C16H24O2Si3. The van der Waals surface area contributed by atoms with Crippen molar-refractivity contribution < 1.29 is 9.47 Å². The number of rotatable bonds is 8. The van der Waals surface area contributed by atoms with Crippen molar-refractivity contribution >= 4 is 37.0 Å². The molecule has 0 heterocycles. The van der Waals surface area contributed by atoms with Gasteiger partial charge in [-0.25, -0.2) is 0 Å². The lowest BCUT2D eigenvalue weighted by Gasteiger charge is -2.05. The third-order valence-electron chi connectivity index (χ3n) is 3.40. The first kappa shape index (κ1) is 16.1. The van der Waals surface area contributed by atoms with Crippen molar-refractivity contribution in [3.8, 4) is 11.5 Å². The summed E-state index contributed by atoms with van der Waals surface area (Å²) in [7, 11) is 0.182. The predicted octanol–water partition coefficient (Wildman–Crippen LogP) is -0.229. The van der Waals surface area contributed by atoms with Crippen LogP contribution < -0.4 is 19.8 Å². The molecule has 112 valence electrons. The van der Waals surface area contributed by atoms with Crippen LogP contribution in [0.4, 0.5) is 0 Å². The van der Waals surface area contributed by atoms with Gasteiger partial charge in [-0.3, -0.25) is 0 Å². The topological polar surface area (TPSA) is 18.5 Å². The van der Waals surface area contributed by atoms with Crippen LogP contribution in [0.2, 0.25) is 0 Å². The molecule has 0 saturated heterocycles. The molecule has 21 heavy (non-hydrogen) atoms. The third kappa shape index (κ3) is 5.53. The van der Waals surface area contributed by atoms with Gasteiger partial charge in [0.1, 0.15) is 11.5 Å². The lowest BCUT2D eigenvalue weighted by atomic mass is 10.3. The highest BCUT2D eigenvalue weighted by molar-refractivity contribution is 7.35. The van der Waals surface area contributed by atoms with Crippen molar-refractivity contribution in [3.05, 3.63) is 48.5 Å². The van der Waals surface area contributed by atoms with Crippen LogP contribution in [-0.2, 0) is 0 Å². The molecule has 0 aliphatic carbocycles. The van der Waals surface area contributed by atoms with E-state index in [9.17, 15) is 0 Å². The van der Waals surface area contributed by atoms with Crippen molar-refractivity contribution in [3.63, 3.8) is 0 Å². The summed E-state index contributed by atoms with van der Waals surface area (Å²) in [5.41, 5.74) is 0. The first-order valence-electron chi connectivity index (χ1n) is 7.75. The maximum atomic E-state index is 5.49. The van der Waals surface area contributed by atoms with Gasteiger partial charge in [-0.05, 0) is 38.1 Å². The van der Waals surface area contributed by atoms with E-state index in [2.05, 4.69) is 48.5 Å². The second-order valence-corrected chi connectivity index (χ2v) is 19.8. The third-order valence-corrected chi connectivity index (χ3v) is 18.2. The maximum absolute atomic E-state index is 5.49. The molecule has 0 bridgehead atoms. The normalized spacial score (nSPS) is 12.1. The van der Waals surface area contributed by atoms with Crippen LogP contribution in [0.25, 0.3) is 0 Å². The minimum atomic E-state index is 0.00936. The summed E-state index contributed by atoms with van der Waals surface area (Å²) < 4.78 is 11.0. The van der Waals surface area contributed by atoms with E-state index in [1.54, 1.807) is 10.4 Å². The molecule has 2 aromatic rings. The van der Waals surface area contributed by atoms with Gasteiger partial charge < -0.3 is 9.47 Å². The Hall–Kier alpha value is -1.31. The van der Waals surface area contributed by atoms with E-state index in [1.807, 2.05) is 13.8 Å². The minimum absolute atomic E-state index is 0.00936. The van der Waals surface area contributed by atoms with Gasteiger partial charge in [0, 0.05) is 26.6 Å². The number of benzene rings is 2. The van der Waals surface area contributed by atoms with E-state index >= 15 is 0 Å². The highest BCUT2D eigenvalue weighted by atomic mass is 29.5. The van der Waals surface area contributed by atoms with Crippen LogP contribution in [-0.4, -0.2) is 39.8 Å². The van der Waals surface area contributed by atoms with Crippen molar-refractivity contribution in [2.75, 3.05) is 13.2 Å².